The molecule has 0 unspecified atom stereocenters. The summed E-state index contributed by atoms with van der Waals surface area (Å²) in [5.74, 6) is -1.35. The van der Waals surface area contributed by atoms with Crippen LogP contribution in [-0.4, -0.2) is 38.2 Å². The van der Waals surface area contributed by atoms with Crippen molar-refractivity contribution in [3.63, 3.8) is 0 Å². The molecule has 0 aliphatic carbocycles. The largest absolute Gasteiger partial charge is 0.480 e. The van der Waals surface area contributed by atoms with E-state index < -0.39 is 17.9 Å². The van der Waals surface area contributed by atoms with E-state index in [9.17, 15) is 9.59 Å². The van der Waals surface area contributed by atoms with Gasteiger partial charge in [-0.05, 0) is 5.92 Å². The Hall–Kier alpha value is -1.92. The molecule has 3 N–H and O–H groups in total. The summed E-state index contributed by atoms with van der Waals surface area (Å²) in [6.07, 6.45) is 0. The molecule has 19 heavy (non-hydrogen) atoms. The van der Waals surface area contributed by atoms with Gasteiger partial charge in [0.15, 0.2) is 0 Å². The first-order chi connectivity index (χ1) is 8.62. The van der Waals surface area contributed by atoms with Gasteiger partial charge in [-0.3, -0.25) is 9.89 Å². The van der Waals surface area contributed by atoms with Gasteiger partial charge in [-0.15, -0.1) is 5.10 Å². The van der Waals surface area contributed by atoms with E-state index in [0.29, 0.717) is 5.82 Å². The molecule has 0 spiro atoms. The highest BCUT2D eigenvalue weighted by Gasteiger charge is 2.27. The molecular formula is C12H20N4O3. The van der Waals surface area contributed by atoms with Gasteiger partial charge in [0.05, 0.1) is 0 Å². The molecule has 1 rings (SSSR count). The summed E-state index contributed by atoms with van der Waals surface area (Å²) in [6.45, 7) is 9.24. The number of hydrogen-bond acceptors (Lipinski definition) is 4. The van der Waals surface area contributed by atoms with Gasteiger partial charge in [-0.2, -0.15) is 0 Å². The summed E-state index contributed by atoms with van der Waals surface area (Å²) < 4.78 is 0. The molecule has 0 aromatic carbocycles. The second-order valence-electron chi connectivity index (χ2n) is 5.79. The number of carbonyl (C=O) groups excluding carboxylic acids is 1. The second-order valence-corrected chi connectivity index (χ2v) is 5.79. The topological polar surface area (TPSA) is 108 Å². The van der Waals surface area contributed by atoms with Gasteiger partial charge in [-0.25, -0.2) is 9.78 Å². The first kappa shape index (κ1) is 15.1. The lowest BCUT2D eigenvalue weighted by Crippen LogP contribution is -2.44. The van der Waals surface area contributed by atoms with Crippen molar-refractivity contribution >= 4 is 11.9 Å². The summed E-state index contributed by atoms with van der Waals surface area (Å²) >= 11 is 0. The summed E-state index contributed by atoms with van der Waals surface area (Å²) in [7, 11) is 0. The van der Waals surface area contributed by atoms with Crippen molar-refractivity contribution in [2.45, 2.75) is 46.1 Å². The Kier molecular flexibility index (Phi) is 4.28. The van der Waals surface area contributed by atoms with E-state index in [2.05, 4.69) is 20.5 Å². The zero-order valence-electron chi connectivity index (χ0n) is 11.8. The van der Waals surface area contributed by atoms with Crippen LogP contribution in [0.25, 0.3) is 0 Å². The quantitative estimate of drug-likeness (QED) is 0.753. The number of carbonyl (C=O) groups is 2. The van der Waals surface area contributed by atoms with E-state index in [1.54, 1.807) is 13.8 Å². The number of aromatic amines is 1. The number of nitrogens with one attached hydrogen (secondary N) is 2. The van der Waals surface area contributed by atoms with Crippen molar-refractivity contribution in [3.8, 4) is 0 Å². The molecule has 0 fully saturated rings. The number of nitrogens with zero attached hydrogens (tertiary/aromatic N) is 2. The standard InChI is InChI=1S/C12H20N4O3/c1-6(2)7(10(18)19)13-9(17)8-14-11(16-15-8)12(3,4)5/h6-7H,1-5H3,(H,13,17)(H,18,19)(H,14,15,16)/t7-/m0/s1. The molecule has 0 aliphatic rings. The van der Waals surface area contributed by atoms with Crippen LogP contribution in [0.1, 0.15) is 51.1 Å². The molecule has 0 radical (unpaired) electrons. The number of aliphatic carboxylic acids is 1. The summed E-state index contributed by atoms with van der Waals surface area (Å²) in [6, 6.07) is -0.955. The van der Waals surface area contributed by atoms with E-state index >= 15 is 0 Å². The predicted molar refractivity (Wildman–Crippen MR) is 68.8 cm³/mol. The molecule has 1 heterocycles. The van der Waals surface area contributed by atoms with Gasteiger partial charge >= 0.3 is 5.97 Å². The number of amides is 1. The highest BCUT2D eigenvalue weighted by Crippen LogP contribution is 2.17. The smallest absolute Gasteiger partial charge is 0.326 e. The Balaban J connectivity index is 2.84. The molecular weight excluding hydrogens is 248 g/mol. The SMILES string of the molecule is CC(C)[C@H](NC(=O)c1n[nH]c(C(C)(C)C)n1)C(=O)O. The third-order valence-corrected chi connectivity index (χ3v) is 2.62. The van der Waals surface area contributed by atoms with Gasteiger partial charge in [0, 0.05) is 5.41 Å². The van der Waals surface area contributed by atoms with Crippen LogP contribution in [0.2, 0.25) is 0 Å². The molecule has 1 atom stereocenters. The van der Waals surface area contributed by atoms with Crippen molar-refractivity contribution in [2.24, 2.45) is 5.92 Å². The van der Waals surface area contributed by atoms with Gasteiger partial charge in [-0.1, -0.05) is 34.6 Å². The van der Waals surface area contributed by atoms with Crippen LogP contribution in [-0.2, 0) is 10.2 Å². The molecule has 7 nitrogen and oxygen atoms in total. The van der Waals surface area contributed by atoms with Crippen molar-refractivity contribution in [1.82, 2.24) is 20.5 Å². The van der Waals surface area contributed by atoms with Crippen LogP contribution in [0.3, 0.4) is 0 Å². The number of carboxylic acid groups (broad SMARTS) is 1. The molecule has 0 saturated carbocycles. The van der Waals surface area contributed by atoms with Gasteiger partial charge in [0.25, 0.3) is 5.91 Å². The Morgan fingerprint density at radius 1 is 1.32 bits per heavy atom. The molecule has 7 heteroatoms. The van der Waals surface area contributed by atoms with Crippen molar-refractivity contribution in [2.75, 3.05) is 0 Å². The Labute approximate surface area is 111 Å². The maximum atomic E-state index is 11.9. The van der Waals surface area contributed by atoms with Crippen LogP contribution in [0, 0.1) is 5.92 Å². The first-order valence-corrected chi connectivity index (χ1v) is 6.09. The minimum Gasteiger partial charge on any atom is -0.480 e. The van der Waals surface area contributed by atoms with Crippen molar-refractivity contribution in [1.29, 1.82) is 0 Å². The van der Waals surface area contributed by atoms with Crippen LogP contribution in [0.15, 0.2) is 0 Å². The van der Waals surface area contributed by atoms with Crippen LogP contribution >= 0.6 is 0 Å². The van der Waals surface area contributed by atoms with E-state index in [0.717, 1.165) is 0 Å². The van der Waals surface area contributed by atoms with Gasteiger partial charge < -0.3 is 10.4 Å². The van der Waals surface area contributed by atoms with Gasteiger partial charge in [0.2, 0.25) is 5.82 Å². The number of hydrogen-bond donors (Lipinski definition) is 3. The minimum absolute atomic E-state index is 0.0446. The monoisotopic (exact) mass is 268 g/mol. The zero-order valence-corrected chi connectivity index (χ0v) is 11.8. The second kappa shape index (κ2) is 5.38. The number of carboxylic acids is 1. The minimum atomic E-state index is -1.07. The summed E-state index contributed by atoms with van der Waals surface area (Å²) in [5.41, 5.74) is -0.254. The Bertz CT molecular complexity index is 474. The third-order valence-electron chi connectivity index (χ3n) is 2.62. The van der Waals surface area contributed by atoms with Gasteiger partial charge in [0.1, 0.15) is 11.9 Å². The molecule has 1 aromatic rings. The normalized spacial score (nSPS) is 13.4. The molecule has 106 valence electrons. The molecule has 1 aromatic heterocycles. The number of aromatic nitrogens is 3. The van der Waals surface area contributed by atoms with E-state index in [4.69, 9.17) is 5.11 Å². The van der Waals surface area contributed by atoms with Crippen LogP contribution in [0.5, 0.6) is 0 Å². The average molecular weight is 268 g/mol. The molecule has 0 aliphatic heterocycles. The fourth-order valence-corrected chi connectivity index (χ4v) is 1.42. The Morgan fingerprint density at radius 3 is 2.26 bits per heavy atom. The maximum Gasteiger partial charge on any atom is 0.326 e. The lowest BCUT2D eigenvalue weighted by atomic mass is 9.96. The van der Waals surface area contributed by atoms with Crippen LogP contribution < -0.4 is 5.32 Å². The number of H-pyrrole nitrogens is 1. The lowest BCUT2D eigenvalue weighted by Gasteiger charge is -2.16. The zero-order chi connectivity index (χ0) is 14.8. The Morgan fingerprint density at radius 2 is 1.89 bits per heavy atom. The lowest BCUT2D eigenvalue weighted by molar-refractivity contribution is -0.140. The van der Waals surface area contributed by atoms with E-state index in [1.165, 1.54) is 0 Å². The molecule has 0 bridgehead atoms. The maximum absolute atomic E-state index is 11.9. The van der Waals surface area contributed by atoms with Crippen molar-refractivity contribution < 1.29 is 14.7 Å². The summed E-state index contributed by atoms with van der Waals surface area (Å²) in [4.78, 5) is 27.0. The van der Waals surface area contributed by atoms with Crippen LogP contribution in [0.4, 0.5) is 0 Å². The third kappa shape index (κ3) is 3.77. The fourth-order valence-electron chi connectivity index (χ4n) is 1.42. The highest BCUT2D eigenvalue weighted by atomic mass is 16.4. The molecule has 1 amide bonds. The predicted octanol–water partition coefficient (Wildman–Crippen LogP) is 0.941. The molecule has 0 saturated heterocycles. The average Bonchev–Trinajstić information content (AvgIpc) is 2.73. The highest BCUT2D eigenvalue weighted by molar-refractivity contribution is 5.93. The first-order valence-electron chi connectivity index (χ1n) is 6.09. The number of rotatable bonds is 4. The summed E-state index contributed by atoms with van der Waals surface area (Å²) in [5, 5.41) is 17.9. The van der Waals surface area contributed by atoms with E-state index in [-0.39, 0.29) is 17.2 Å². The van der Waals surface area contributed by atoms with Crippen molar-refractivity contribution in [3.05, 3.63) is 11.6 Å². The van der Waals surface area contributed by atoms with E-state index in [1.807, 2.05) is 20.8 Å². The fraction of sp³-hybridized carbons (Fsp3) is 0.667.